The maximum Gasteiger partial charge on any atom is 0.404 e. The van der Waals surface area contributed by atoms with Gasteiger partial charge in [0, 0.05) is 6.54 Å². The second-order valence-electron chi connectivity index (χ2n) is 3.75. The Morgan fingerprint density at radius 1 is 1.35 bits per heavy atom. The van der Waals surface area contributed by atoms with E-state index in [1.54, 1.807) is 0 Å². The second-order valence-corrected chi connectivity index (χ2v) is 3.75. The van der Waals surface area contributed by atoms with Crippen molar-refractivity contribution in [3.05, 3.63) is 18.0 Å². The van der Waals surface area contributed by atoms with Crippen LogP contribution >= 0.6 is 0 Å². The summed E-state index contributed by atoms with van der Waals surface area (Å²) in [5, 5.41) is 10.6. The van der Waals surface area contributed by atoms with Crippen LogP contribution in [0, 0.1) is 0 Å². The van der Waals surface area contributed by atoms with Gasteiger partial charge < -0.3 is 19.9 Å². The van der Waals surface area contributed by atoms with Crippen LogP contribution in [-0.4, -0.2) is 42.0 Å². The Hall–Kier alpha value is -2.38. The van der Waals surface area contributed by atoms with Crippen LogP contribution in [0.4, 0.5) is 9.18 Å². The lowest BCUT2D eigenvalue weighted by Crippen LogP contribution is -2.23. The van der Waals surface area contributed by atoms with E-state index in [1.807, 2.05) is 0 Å². The van der Waals surface area contributed by atoms with Gasteiger partial charge in [0.2, 0.25) is 6.86 Å². The second kappa shape index (κ2) is 7.93. The number of ether oxygens (including phenoxy) is 2. The van der Waals surface area contributed by atoms with Crippen molar-refractivity contribution < 1.29 is 28.6 Å². The molecule has 1 amide bonds. The van der Waals surface area contributed by atoms with Crippen molar-refractivity contribution in [2.24, 2.45) is 0 Å². The normalized spacial score (nSPS) is 9.90. The molecular formula is C12H15FN2O5. The van der Waals surface area contributed by atoms with E-state index in [-0.39, 0.29) is 36.0 Å². The minimum absolute atomic E-state index is 0.0150. The number of alkyl halides is 1. The molecule has 0 bridgehead atoms. The monoisotopic (exact) mass is 286 g/mol. The zero-order chi connectivity index (χ0) is 15.0. The molecule has 110 valence electrons. The number of nitrogens with zero attached hydrogens (tertiary/aromatic N) is 1. The predicted octanol–water partition coefficient (Wildman–Crippen LogP) is 1.63. The van der Waals surface area contributed by atoms with E-state index >= 15 is 0 Å². The summed E-state index contributed by atoms with van der Waals surface area (Å²) in [6.07, 6.45) is 1.86. The highest BCUT2D eigenvalue weighted by atomic mass is 19.1. The maximum atomic E-state index is 12.2. The minimum atomic E-state index is -1.12. The fourth-order valence-electron chi connectivity index (χ4n) is 1.50. The van der Waals surface area contributed by atoms with Crippen LogP contribution < -0.4 is 14.8 Å². The van der Waals surface area contributed by atoms with E-state index in [9.17, 15) is 14.0 Å². The molecule has 0 saturated heterocycles. The Morgan fingerprint density at radius 3 is 2.55 bits per heavy atom. The largest absolute Gasteiger partial charge is 0.491 e. The van der Waals surface area contributed by atoms with Crippen LogP contribution in [0.5, 0.6) is 11.5 Å². The number of ketones is 1. The van der Waals surface area contributed by atoms with E-state index in [1.165, 1.54) is 19.3 Å². The Bertz CT molecular complexity index is 481. The van der Waals surface area contributed by atoms with Gasteiger partial charge in [0.25, 0.3) is 0 Å². The third kappa shape index (κ3) is 4.71. The molecule has 2 N–H and O–H groups in total. The van der Waals surface area contributed by atoms with E-state index < -0.39 is 13.0 Å². The molecule has 0 aliphatic heterocycles. The molecule has 8 heteroatoms. The molecule has 0 atom stereocenters. The highest BCUT2D eigenvalue weighted by molar-refractivity contribution is 5.99. The van der Waals surface area contributed by atoms with Crippen LogP contribution in [0.2, 0.25) is 0 Å². The fraction of sp³-hybridized carbons (Fsp3) is 0.417. The SMILES string of the molecule is CC(=O)c1c(OCF)cncc1OCCCNC(=O)O. The standard InChI is InChI=1S/C12H15FN2O5/c1-8(16)11-9(5-14-6-10(11)20-7-13)19-4-2-3-15-12(17)18/h5-6,15H,2-4,7H2,1H3,(H,17,18). The number of hydrogen-bond acceptors (Lipinski definition) is 5. The number of amides is 1. The summed E-state index contributed by atoms with van der Waals surface area (Å²) in [6.45, 7) is 0.632. The van der Waals surface area contributed by atoms with Crippen LogP contribution in [0.1, 0.15) is 23.7 Å². The first-order valence-corrected chi connectivity index (χ1v) is 5.83. The number of carbonyl (C=O) groups is 2. The van der Waals surface area contributed by atoms with Crippen molar-refractivity contribution in [2.75, 3.05) is 20.0 Å². The number of pyridine rings is 1. The molecule has 0 aliphatic rings. The summed E-state index contributed by atoms with van der Waals surface area (Å²) in [5.74, 6) is -0.144. The third-order valence-corrected chi connectivity index (χ3v) is 2.29. The lowest BCUT2D eigenvalue weighted by Gasteiger charge is -2.12. The highest BCUT2D eigenvalue weighted by Crippen LogP contribution is 2.27. The smallest absolute Gasteiger partial charge is 0.404 e. The molecule has 0 fully saturated rings. The zero-order valence-corrected chi connectivity index (χ0v) is 10.9. The van der Waals surface area contributed by atoms with E-state index in [4.69, 9.17) is 9.84 Å². The van der Waals surface area contributed by atoms with Gasteiger partial charge >= 0.3 is 6.09 Å². The van der Waals surface area contributed by atoms with E-state index in [0.29, 0.717) is 6.42 Å². The summed E-state index contributed by atoms with van der Waals surface area (Å²) in [6, 6.07) is 0. The number of Topliss-reactive ketones (excluding diaryl/α,β-unsaturated/α-hetero) is 1. The number of rotatable bonds is 8. The summed E-state index contributed by atoms with van der Waals surface area (Å²) in [4.78, 5) is 25.6. The summed E-state index contributed by atoms with van der Waals surface area (Å²) < 4.78 is 22.2. The molecule has 0 saturated carbocycles. The molecule has 0 aliphatic carbocycles. The molecule has 1 aromatic heterocycles. The lowest BCUT2D eigenvalue weighted by molar-refractivity contribution is 0.100. The number of hydrogen-bond donors (Lipinski definition) is 2. The molecule has 0 aromatic carbocycles. The van der Waals surface area contributed by atoms with Crippen LogP contribution in [-0.2, 0) is 0 Å². The van der Waals surface area contributed by atoms with Gasteiger partial charge in [-0.05, 0) is 13.3 Å². The molecule has 7 nitrogen and oxygen atoms in total. The molecule has 20 heavy (non-hydrogen) atoms. The van der Waals surface area contributed by atoms with Crippen molar-refractivity contribution >= 4 is 11.9 Å². The van der Waals surface area contributed by atoms with Gasteiger partial charge in [0.1, 0.15) is 5.56 Å². The van der Waals surface area contributed by atoms with Crippen molar-refractivity contribution in [1.29, 1.82) is 0 Å². The molecule has 1 aromatic rings. The van der Waals surface area contributed by atoms with Gasteiger partial charge in [0.15, 0.2) is 17.3 Å². The number of nitrogens with one attached hydrogen (secondary N) is 1. The first-order chi connectivity index (χ1) is 9.56. The minimum Gasteiger partial charge on any atom is -0.491 e. The predicted molar refractivity (Wildman–Crippen MR) is 67.0 cm³/mol. The summed E-state index contributed by atoms with van der Waals surface area (Å²) in [5.41, 5.74) is 0.115. The topological polar surface area (TPSA) is 97.8 Å². The van der Waals surface area contributed by atoms with Gasteiger partial charge in [0.05, 0.1) is 19.0 Å². The van der Waals surface area contributed by atoms with Crippen molar-refractivity contribution in [3.63, 3.8) is 0 Å². The average molecular weight is 286 g/mol. The van der Waals surface area contributed by atoms with E-state index in [2.05, 4.69) is 15.0 Å². The van der Waals surface area contributed by atoms with Gasteiger partial charge in [-0.1, -0.05) is 0 Å². The third-order valence-electron chi connectivity index (χ3n) is 2.29. The van der Waals surface area contributed by atoms with Crippen molar-refractivity contribution in [1.82, 2.24) is 10.3 Å². The Kier molecular flexibility index (Phi) is 6.21. The van der Waals surface area contributed by atoms with Crippen LogP contribution in [0.15, 0.2) is 12.4 Å². The highest BCUT2D eigenvalue weighted by Gasteiger charge is 2.16. The Balaban J connectivity index is 2.66. The molecule has 1 heterocycles. The molecule has 1 rings (SSSR count). The van der Waals surface area contributed by atoms with Gasteiger partial charge in [-0.3, -0.25) is 9.78 Å². The lowest BCUT2D eigenvalue weighted by atomic mass is 10.1. The quantitative estimate of drug-likeness (QED) is 0.556. The first-order valence-electron chi connectivity index (χ1n) is 5.83. The molecule has 0 unspecified atom stereocenters. The molecule has 0 radical (unpaired) electrons. The average Bonchev–Trinajstić information content (AvgIpc) is 2.38. The molecular weight excluding hydrogens is 271 g/mol. The van der Waals surface area contributed by atoms with Crippen LogP contribution in [0.25, 0.3) is 0 Å². The number of aromatic nitrogens is 1. The zero-order valence-electron chi connectivity index (χ0n) is 10.9. The van der Waals surface area contributed by atoms with Crippen LogP contribution in [0.3, 0.4) is 0 Å². The summed E-state index contributed by atoms with van der Waals surface area (Å²) >= 11 is 0. The molecule has 0 spiro atoms. The number of carbonyl (C=O) groups excluding carboxylic acids is 1. The summed E-state index contributed by atoms with van der Waals surface area (Å²) in [7, 11) is 0. The first kappa shape index (κ1) is 15.7. The Morgan fingerprint density at radius 2 is 2.00 bits per heavy atom. The van der Waals surface area contributed by atoms with Gasteiger partial charge in [-0.2, -0.15) is 0 Å². The maximum absolute atomic E-state index is 12.2. The van der Waals surface area contributed by atoms with E-state index in [0.717, 1.165) is 0 Å². The van der Waals surface area contributed by atoms with Crippen molar-refractivity contribution in [3.8, 4) is 11.5 Å². The number of carboxylic acid groups (broad SMARTS) is 1. The van der Waals surface area contributed by atoms with Gasteiger partial charge in [-0.25, -0.2) is 9.18 Å². The Labute approximate surface area is 114 Å². The fourth-order valence-corrected chi connectivity index (χ4v) is 1.50. The van der Waals surface area contributed by atoms with Gasteiger partial charge in [-0.15, -0.1) is 0 Å². The number of halogens is 1. The van der Waals surface area contributed by atoms with Crippen molar-refractivity contribution in [2.45, 2.75) is 13.3 Å².